The second kappa shape index (κ2) is 11.3. The third-order valence-electron chi connectivity index (χ3n) is 5.26. The van der Waals surface area contributed by atoms with Crippen molar-refractivity contribution in [2.24, 2.45) is 5.41 Å². The van der Waals surface area contributed by atoms with Gasteiger partial charge >= 0.3 is 0 Å². The summed E-state index contributed by atoms with van der Waals surface area (Å²) in [5.41, 5.74) is 8.01. The van der Waals surface area contributed by atoms with Crippen molar-refractivity contribution < 1.29 is 30.3 Å². The molecule has 31 heavy (non-hydrogen) atoms. The van der Waals surface area contributed by atoms with Gasteiger partial charge in [-0.3, -0.25) is 4.98 Å². The summed E-state index contributed by atoms with van der Waals surface area (Å²) in [6.45, 7) is 16.0. The monoisotopic (exact) mass is 599 g/mol. The zero-order valence-corrected chi connectivity index (χ0v) is 22.4. The Balaban J connectivity index is 0.000000376. The number of nitrogens with zero attached hydrogens (tertiary/aromatic N) is 1. The summed E-state index contributed by atoms with van der Waals surface area (Å²) in [6.07, 6.45) is -0.356. The molecule has 0 bridgehead atoms. The molecular weight excluding hydrogens is 563 g/mol. The molecule has 3 rings (SSSR count). The van der Waals surface area contributed by atoms with Gasteiger partial charge in [0.1, 0.15) is 0 Å². The van der Waals surface area contributed by atoms with Gasteiger partial charge in [0.15, 0.2) is 0 Å². The van der Waals surface area contributed by atoms with Crippen molar-refractivity contribution in [3.8, 4) is 11.3 Å². The summed E-state index contributed by atoms with van der Waals surface area (Å²) in [5.74, 6) is 0. The number of aliphatic hydroxyl groups excluding tert-OH is 2. The van der Waals surface area contributed by atoms with Crippen LogP contribution in [-0.2, 0) is 20.1 Å². The van der Waals surface area contributed by atoms with Crippen molar-refractivity contribution in [1.82, 2.24) is 4.98 Å². The number of pyridine rings is 1. The Morgan fingerprint density at radius 3 is 2.06 bits per heavy atom. The molecule has 0 saturated carbocycles. The predicted octanol–water partition coefficient (Wildman–Crippen LogP) is 6.10. The van der Waals surface area contributed by atoms with E-state index in [9.17, 15) is 5.11 Å². The van der Waals surface area contributed by atoms with Crippen LogP contribution in [0.4, 0.5) is 0 Å². The first-order valence-electron chi connectivity index (χ1n) is 10.6. The van der Waals surface area contributed by atoms with E-state index in [1.807, 2.05) is 26.8 Å². The molecule has 1 heterocycles. The van der Waals surface area contributed by atoms with Crippen LogP contribution in [0.2, 0.25) is 0 Å². The third kappa shape index (κ3) is 7.80. The van der Waals surface area contributed by atoms with Crippen LogP contribution in [0.5, 0.6) is 0 Å². The van der Waals surface area contributed by atoms with Crippen molar-refractivity contribution >= 4 is 10.9 Å². The van der Waals surface area contributed by atoms with Gasteiger partial charge in [0.25, 0.3) is 0 Å². The molecule has 0 fully saturated rings. The second-order valence-corrected chi connectivity index (χ2v) is 9.55. The van der Waals surface area contributed by atoms with Gasteiger partial charge < -0.3 is 10.2 Å². The molecule has 0 saturated heterocycles. The van der Waals surface area contributed by atoms with Gasteiger partial charge in [-0.15, -0.1) is 35.4 Å². The van der Waals surface area contributed by atoms with E-state index in [0.717, 1.165) is 16.8 Å². The summed E-state index contributed by atoms with van der Waals surface area (Å²) in [7, 11) is 0. The number of hydrogen-bond acceptors (Lipinski definition) is 3. The van der Waals surface area contributed by atoms with E-state index >= 15 is 0 Å². The molecule has 2 atom stereocenters. The fraction of sp³-hybridized carbons (Fsp3) is 0.444. The zero-order valence-electron chi connectivity index (χ0n) is 20.0. The maximum atomic E-state index is 9.40. The molecule has 0 amide bonds. The molecular formula is C27H36IrNO2-. The fourth-order valence-corrected chi connectivity index (χ4v) is 3.33. The van der Waals surface area contributed by atoms with Gasteiger partial charge in [0.2, 0.25) is 0 Å². The van der Waals surface area contributed by atoms with Gasteiger partial charge in [-0.25, -0.2) is 0 Å². The molecule has 2 unspecified atom stereocenters. The SMILES string of the molecule is CC(O)CC(O)C(C)(C)C.Cc1c[c-]c(-c2nc3cc(C)cc(C)c3cc2C)cc1.[Ir]. The van der Waals surface area contributed by atoms with Crippen molar-refractivity contribution in [1.29, 1.82) is 0 Å². The number of aromatic nitrogens is 1. The average Bonchev–Trinajstić information content (AvgIpc) is 2.62. The number of aliphatic hydroxyl groups is 2. The Morgan fingerprint density at radius 2 is 1.58 bits per heavy atom. The first kappa shape index (κ1) is 27.5. The van der Waals surface area contributed by atoms with E-state index in [2.05, 4.69) is 64.1 Å². The minimum Gasteiger partial charge on any atom is -0.393 e. The largest absolute Gasteiger partial charge is 0.393 e. The first-order valence-corrected chi connectivity index (χ1v) is 10.6. The van der Waals surface area contributed by atoms with Crippen LogP contribution in [0.3, 0.4) is 0 Å². The van der Waals surface area contributed by atoms with E-state index in [1.54, 1.807) is 6.92 Å². The molecule has 0 aliphatic carbocycles. The summed E-state index contributed by atoms with van der Waals surface area (Å²) in [4.78, 5) is 4.87. The van der Waals surface area contributed by atoms with Gasteiger partial charge in [-0.2, -0.15) is 0 Å². The molecule has 0 spiro atoms. The van der Waals surface area contributed by atoms with Crippen molar-refractivity contribution in [3.63, 3.8) is 0 Å². The number of fused-ring (bicyclic) bond motifs is 1. The maximum Gasteiger partial charge on any atom is 0.0613 e. The smallest absolute Gasteiger partial charge is 0.0613 e. The zero-order chi connectivity index (χ0) is 22.6. The van der Waals surface area contributed by atoms with Crippen molar-refractivity contribution in [2.75, 3.05) is 0 Å². The van der Waals surface area contributed by atoms with Gasteiger partial charge in [-0.1, -0.05) is 45.4 Å². The molecule has 4 heteroatoms. The molecule has 0 aliphatic heterocycles. The average molecular weight is 599 g/mol. The van der Waals surface area contributed by atoms with E-state index < -0.39 is 12.2 Å². The van der Waals surface area contributed by atoms with E-state index in [-0.39, 0.29) is 25.5 Å². The summed E-state index contributed by atoms with van der Waals surface area (Å²) in [6, 6.07) is 16.1. The third-order valence-corrected chi connectivity index (χ3v) is 5.26. The van der Waals surface area contributed by atoms with Crippen LogP contribution in [0.15, 0.2) is 36.4 Å². The Bertz CT molecular complexity index is 989. The topological polar surface area (TPSA) is 53.4 Å². The molecule has 1 aromatic heterocycles. The Morgan fingerprint density at radius 1 is 0.935 bits per heavy atom. The number of rotatable bonds is 3. The van der Waals surface area contributed by atoms with Crippen LogP contribution in [-0.4, -0.2) is 27.4 Å². The van der Waals surface area contributed by atoms with E-state index in [4.69, 9.17) is 10.1 Å². The quantitative estimate of drug-likeness (QED) is 0.359. The molecule has 0 aliphatic rings. The van der Waals surface area contributed by atoms with Gasteiger partial charge in [-0.05, 0) is 62.4 Å². The number of aryl methyl sites for hydroxylation is 4. The Hall–Kier alpha value is -1.58. The van der Waals surface area contributed by atoms with Crippen LogP contribution < -0.4 is 0 Å². The van der Waals surface area contributed by atoms with Crippen LogP contribution in [0.25, 0.3) is 22.2 Å². The van der Waals surface area contributed by atoms with Gasteiger partial charge in [0, 0.05) is 25.5 Å². The Labute approximate surface area is 201 Å². The van der Waals surface area contributed by atoms with Crippen LogP contribution in [0.1, 0.15) is 56.4 Å². The van der Waals surface area contributed by atoms with Crippen molar-refractivity contribution in [3.05, 3.63) is 64.7 Å². The molecule has 2 N–H and O–H groups in total. The van der Waals surface area contributed by atoms with Crippen molar-refractivity contribution in [2.45, 2.75) is 74.0 Å². The van der Waals surface area contributed by atoms with Gasteiger partial charge in [0.05, 0.1) is 17.7 Å². The fourth-order valence-electron chi connectivity index (χ4n) is 3.33. The molecule has 3 aromatic rings. The van der Waals surface area contributed by atoms with Crippen LogP contribution >= 0.6 is 0 Å². The van der Waals surface area contributed by atoms with E-state index in [1.165, 1.54) is 27.6 Å². The molecule has 1 radical (unpaired) electrons. The molecule has 2 aromatic carbocycles. The number of benzene rings is 2. The summed E-state index contributed by atoms with van der Waals surface area (Å²) >= 11 is 0. The molecule has 171 valence electrons. The summed E-state index contributed by atoms with van der Waals surface area (Å²) in [5, 5.41) is 19.6. The second-order valence-electron chi connectivity index (χ2n) is 9.55. The number of hydrogen-bond donors (Lipinski definition) is 2. The normalized spacial score (nSPS) is 13.1. The van der Waals surface area contributed by atoms with Crippen LogP contribution in [0, 0.1) is 39.2 Å². The molecule has 3 nitrogen and oxygen atoms in total. The maximum absolute atomic E-state index is 9.40. The minimum absolute atomic E-state index is 0. The summed E-state index contributed by atoms with van der Waals surface area (Å²) < 4.78 is 0. The van der Waals surface area contributed by atoms with E-state index in [0.29, 0.717) is 6.42 Å². The Kier molecular flexibility index (Phi) is 10.0. The minimum atomic E-state index is -0.410. The standard InChI is InChI=1S/C19H18N.C8H18O2.Ir/c1-12-5-7-16(8-6-12)19-15(4)11-17-14(3)9-13(2)10-18(17)20-19;1-6(9)5-7(10)8(2,3)4;/h5-7,9-11H,1-4H3;6-7,9-10H,5H2,1-4H3;/q-1;;. The first-order chi connectivity index (χ1) is 13.9. The predicted molar refractivity (Wildman–Crippen MR) is 127 cm³/mol.